The number of aryl methyl sites for hydroxylation is 1. The average Bonchev–Trinajstić information content (AvgIpc) is 2.96. The van der Waals surface area contributed by atoms with Crippen molar-refractivity contribution in [3.63, 3.8) is 0 Å². The van der Waals surface area contributed by atoms with Gasteiger partial charge in [0.1, 0.15) is 5.01 Å². The molecule has 0 aliphatic rings. The molecule has 0 saturated heterocycles. The molecular weight excluding hydrogens is 266 g/mol. The van der Waals surface area contributed by atoms with Crippen molar-refractivity contribution in [1.29, 1.82) is 0 Å². The summed E-state index contributed by atoms with van der Waals surface area (Å²) in [6, 6.07) is -0.337. The quantitative estimate of drug-likeness (QED) is 0.919. The lowest BCUT2D eigenvalue weighted by Gasteiger charge is -2.07. The minimum atomic E-state index is -0.337. The summed E-state index contributed by atoms with van der Waals surface area (Å²) in [5, 5.41) is 15.6. The second-order valence-corrected chi connectivity index (χ2v) is 5.48. The number of rotatable bonds is 4. The fraction of sp³-hybridized carbons (Fsp3) is 0.545. The molecule has 2 rings (SSSR count). The predicted molar refractivity (Wildman–Crippen MR) is 68.9 cm³/mol. The Kier molecular flexibility index (Phi) is 3.89. The molecule has 2 heterocycles. The molecule has 7 nitrogen and oxygen atoms in total. The van der Waals surface area contributed by atoms with Gasteiger partial charge in [0, 0.05) is 12.8 Å². The highest BCUT2D eigenvalue weighted by Gasteiger charge is 2.19. The van der Waals surface area contributed by atoms with Crippen LogP contribution < -0.4 is 5.32 Å². The molecule has 102 valence electrons. The van der Waals surface area contributed by atoms with Crippen LogP contribution in [0.4, 0.5) is 0 Å². The SMILES string of the molecule is Cc1nc([C@@H](C)NC(=O)c2nnc(C(C)C)s2)no1. The highest BCUT2D eigenvalue weighted by Crippen LogP contribution is 2.19. The van der Waals surface area contributed by atoms with Crippen LogP contribution in [0.1, 0.15) is 59.3 Å². The fourth-order valence-corrected chi connectivity index (χ4v) is 2.12. The second kappa shape index (κ2) is 5.43. The minimum absolute atomic E-state index is 0.260. The Morgan fingerprint density at radius 1 is 1.32 bits per heavy atom. The van der Waals surface area contributed by atoms with Crippen LogP contribution in [0.15, 0.2) is 4.52 Å². The summed E-state index contributed by atoms with van der Waals surface area (Å²) in [5.74, 6) is 0.893. The third kappa shape index (κ3) is 3.14. The van der Waals surface area contributed by atoms with Crippen molar-refractivity contribution in [3.05, 3.63) is 21.7 Å². The van der Waals surface area contributed by atoms with Crippen molar-refractivity contribution in [1.82, 2.24) is 25.7 Å². The minimum Gasteiger partial charge on any atom is -0.340 e. The third-order valence-electron chi connectivity index (χ3n) is 2.41. The van der Waals surface area contributed by atoms with Crippen LogP contribution in [0, 0.1) is 6.92 Å². The molecule has 2 aromatic heterocycles. The largest absolute Gasteiger partial charge is 0.340 e. The second-order valence-electron chi connectivity index (χ2n) is 4.47. The number of hydrogen-bond donors (Lipinski definition) is 1. The summed E-state index contributed by atoms with van der Waals surface area (Å²) in [6.07, 6.45) is 0. The van der Waals surface area contributed by atoms with Crippen LogP contribution in [0.25, 0.3) is 0 Å². The van der Waals surface area contributed by atoms with E-state index in [1.807, 2.05) is 13.8 Å². The fourth-order valence-electron chi connectivity index (χ4n) is 1.37. The maximum absolute atomic E-state index is 12.0. The molecule has 0 saturated carbocycles. The Balaban J connectivity index is 2.04. The van der Waals surface area contributed by atoms with Gasteiger partial charge in [-0.15, -0.1) is 10.2 Å². The maximum atomic E-state index is 12.0. The first-order chi connectivity index (χ1) is 8.97. The van der Waals surface area contributed by atoms with Crippen LogP contribution >= 0.6 is 11.3 Å². The molecule has 8 heteroatoms. The molecule has 0 radical (unpaired) electrons. The molecule has 1 atom stereocenters. The van der Waals surface area contributed by atoms with E-state index in [9.17, 15) is 4.79 Å². The van der Waals surface area contributed by atoms with Crippen LogP contribution in [0.3, 0.4) is 0 Å². The van der Waals surface area contributed by atoms with Gasteiger partial charge in [-0.2, -0.15) is 4.98 Å². The van der Waals surface area contributed by atoms with Crippen molar-refractivity contribution in [2.24, 2.45) is 0 Å². The van der Waals surface area contributed by atoms with Crippen molar-refractivity contribution < 1.29 is 9.32 Å². The van der Waals surface area contributed by atoms with Gasteiger partial charge in [0.25, 0.3) is 5.91 Å². The first-order valence-electron chi connectivity index (χ1n) is 5.92. The number of amides is 1. The summed E-state index contributed by atoms with van der Waals surface area (Å²) in [4.78, 5) is 16.0. The number of aromatic nitrogens is 4. The first-order valence-corrected chi connectivity index (χ1v) is 6.73. The topological polar surface area (TPSA) is 93.8 Å². The van der Waals surface area contributed by atoms with Gasteiger partial charge in [0.05, 0.1) is 6.04 Å². The van der Waals surface area contributed by atoms with Gasteiger partial charge < -0.3 is 9.84 Å². The van der Waals surface area contributed by atoms with E-state index >= 15 is 0 Å². The Morgan fingerprint density at radius 3 is 2.58 bits per heavy atom. The predicted octanol–water partition coefficient (Wildman–Crippen LogP) is 1.84. The van der Waals surface area contributed by atoms with E-state index in [-0.39, 0.29) is 17.9 Å². The monoisotopic (exact) mass is 281 g/mol. The van der Waals surface area contributed by atoms with Crippen LogP contribution in [-0.2, 0) is 0 Å². The van der Waals surface area contributed by atoms with Gasteiger partial charge in [-0.3, -0.25) is 4.79 Å². The zero-order valence-electron chi connectivity index (χ0n) is 11.2. The van der Waals surface area contributed by atoms with E-state index in [0.29, 0.717) is 16.7 Å². The zero-order chi connectivity index (χ0) is 14.0. The van der Waals surface area contributed by atoms with Gasteiger partial charge >= 0.3 is 0 Å². The molecular formula is C11H15N5O2S. The van der Waals surface area contributed by atoms with E-state index < -0.39 is 0 Å². The molecule has 0 fully saturated rings. The number of nitrogens with zero attached hydrogens (tertiary/aromatic N) is 4. The lowest BCUT2D eigenvalue weighted by Crippen LogP contribution is -2.27. The first kappa shape index (κ1) is 13.6. The summed E-state index contributed by atoms with van der Waals surface area (Å²) in [5.41, 5.74) is 0. The molecule has 2 aromatic rings. The summed E-state index contributed by atoms with van der Waals surface area (Å²) in [7, 11) is 0. The Bertz CT molecular complexity index is 577. The van der Waals surface area contributed by atoms with E-state index in [0.717, 1.165) is 5.01 Å². The molecule has 19 heavy (non-hydrogen) atoms. The van der Waals surface area contributed by atoms with E-state index in [4.69, 9.17) is 4.52 Å². The van der Waals surface area contributed by atoms with Crippen LogP contribution in [-0.4, -0.2) is 26.2 Å². The van der Waals surface area contributed by atoms with Crippen molar-refractivity contribution >= 4 is 17.2 Å². The normalized spacial score (nSPS) is 12.7. The van der Waals surface area contributed by atoms with Gasteiger partial charge in [0.15, 0.2) is 5.82 Å². The average molecular weight is 281 g/mol. The molecule has 0 bridgehead atoms. The Labute approximate surface area is 114 Å². The summed E-state index contributed by atoms with van der Waals surface area (Å²) < 4.78 is 4.87. The number of carbonyl (C=O) groups excluding carboxylic acids is 1. The molecule has 1 amide bonds. The van der Waals surface area contributed by atoms with Gasteiger partial charge in [-0.05, 0) is 6.92 Å². The van der Waals surface area contributed by atoms with Crippen molar-refractivity contribution in [2.75, 3.05) is 0 Å². The highest BCUT2D eigenvalue weighted by molar-refractivity contribution is 7.13. The molecule has 0 aliphatic heterocycles. The molecule has 0 unspecified atom stereocenters. The summed E-state index contributed by atoms with van der Waals surface area (Å²) >= 11 is 1.29. The third-order valence-corrected chi connectivity index (χ3v) is 3.63. The van der Waals surface area contributed by atoms with Gasteiger partial charge in [-0.25, -0.2) is 0 Å². The van der Waals surface area contributed by atoms with E-state index in [1.165, 1.54) is 11.3 Å². The lowest BCUT2D eigenvalue weighted by molar-refractivity contribution is 0.0936. The smallest absolute Gasteiger partial charge is 0.282 e. The van der Waals surface area contributed by atoms with Crippen molar-refractivity contribution in [2.45, 2.75) is 39.7 Å². The Morgan fingerprint density at radius 2 is 2.05 bits per heavy atom. The molecule has 1 N–H and O–H groups in total. The zero-order valence-corrected chi connectivity index (χ0v) is 12.0. The highest BCUT2D eigenvalue weighted by atomic mass is 32.1. The van der Waals surface area contributed by atoms with Crippen LogP contribution in [0.2, 0.25) is 0 Å². The standard InChI is InChI=1S/C11H15N5O2S/c1-5(2)10-14-15-11(19-10)9(17)12-6(3)8-13-7(4)18-16-8/h5-6H,1-4H3,(H,12,17)/t6-/m1/s1. The molecule has 0 aliphatic carbocycles. The number of nitrogens with one attached hydrogen (secondary N) is 1. The van der Waals surface area contributed by atoms with E-state index in [1.54, 1.807) is 13.8 Å². The number of hydrogen-bond acceptors (Lipinski definition) is 7. The van der Waals surface area contributed by atoms with Crippen molar-refractivity contribution in [3.8, 4) is 0 Å². The summed E-state index contributed by atoms with van der Waals surface area (Å²) in [6.45, 7) is 7.50. The van der Waals surface area contributed by atoms with Gasteiger partial charge in [0.2, 0.25) is 10.9 Å². The number of carbonyl (C=O) groups is 1. The van der Waals surface area contributed by atoms with Crippen LogP contribution in [0.5, 0.6) is 0 Å². The molecule has 0 spiro atoms. The Hall–Kier alpha value is -1.83. The van der Waals surface area contributed by atoms with Gasteiger partial charge in [-0.1, -0.05) is 30.3 Å². The maximum Gasteiger partial charge on any atom is 0.282 e. The molecule has 0 aromatic carbocycles. The lowest BCUT2D eigenvalue weighted by atomic mass is 10.2. The van der Waals surface area contributed by atoms with E-state index in [2.05, 4.69) is 25.7 Å².